The van der Waals surface area contributed by atoms with Crippen LogP contribution in [0.3, 0.4) is 0 Å². The van der Waals surface area contributed by atoms with Crippen molar-refractivity contribution in [2.45, 2.75) is 25.7 Å². The molecule has 1 fully saturated rings. The first-order chi connectivity index (χ1) is 4.43. The average molecular weight is 122 g/mol. The van der Waals surface area contributed by atoms with Crippen molar-refractivity contribution in [3.05, 3.63) is 0 Å². The lowest BCUT2D eigenvalue weighted by atomic mass is 10.3. The fraction of sp³-hybridized carbons (Fsp3) is 0.714. The minimum absolute atomic E-state index is 0.356. The van der Waals surface area contributed by atoms with Gasteiger partial charge >= 0.3 is 0 Å². The number of nitriles is 1. The third-order valence-corrected chi connectivity index (χ3v) is 1.55. The van der Waals surface area contributed by atoms with Gasteiger partial charge in [-0.3, -0.25) is 4.99 Å². The molecule has 9 heavy (non-hydrogen) atoms. The van der Waals surface area contributed by atoms with Crippen molar-refractivity contribution in [2.24, 2.45) is 4.99 Å². The van der Waals surface area contributed by atoms with E-state index < -0.39 is 0 Å². The number of rotatable bonds is 1. The lowest BCUT2D eigenvalue weighted by Crippen LogP contribution is -1.89. The Morgan fingerprint density at radius 2 is 2.11 bits per heavy atom. The highest BCUT2D eigenvalue weighted by molar-refractivity contribution is 5.86. The number of nitrogens with zero attached hydrogens (tertiary/aromatic N) is 2. The fourth-order valence-electron chi connectivity index (χ4n) is 1.09. The number of hydrogen-bond donors (Lipinski definition) is 0. The molecule has 1 rings (SSSR count). The van der Waals surface area contributed by atoms with Crippen LogP contribution < -0.4 is 0 Å². The van der Waals surface area contributed by atoms with Crippen molar-refractivity contribution in [3.8, 4) is 6.07 Å². The molecule has 2 nitrogen and oxygen atoms in total. The first kappa shape index (κ1) is 6.28. The first-order valence-corrected chi connectivity index (χ1v) is 3.32. The van der Waals surface area contributed by atoms with E-state index in [-0.39, 0.29) is 0 Å². The topological polar surface area (TPSA) is 36.1 Å². The van der Waals surface area contributed by atoms with E-state index in [1.165, 1.54) is 18.6 Å². The molecule has 0 aliphatic heterocycles. The molecule has 1 aliphatic carbocycles. The van der Waals surface area contributed by atoms with Crippen molar-refractivity contribution >= 4 is 5.71 Å². The zero-order chi connectivity index (χ0) is 6.53. The summed E-state index contributed by atoms with van der Waals surface area (Å²) in [5.74, 6) is 0. The van der Waals surface area contributed by atoms with Gasteiger partial charge in [-0.25, -0.2) is 0 Å². The van der Waals surface area contributed by atoms with E-state index in [9.17, 15) is 0 Å². The summed E-state index contributed by atoms with van der Waals surface area (Å²) in [4.78, 5) is 4.10. The molecule has 0 spiro atoms. The van der Waals surface area contributed by atoms with Crippen LogP contribution in [0.2, 0.25) is 0 Å². The third-order valence-electron chi connectivity index (χ3n) is 1.55. The normalized spacial score (nSPS) is 17.4. The molecule has 0 radical (unpaired) electrons. The molecule has 0 aromatic carbocycles. The Morgan fingerprint density at radius 1 is 1.44 bits per heavy atom. The van der Waals surface area contributed by atoms with Gasteiger partial charge in [0.1, 0.15) is 6.54 Å². The van der Waals surface area contributed by atoms with Crippen molar-refractivity contribution in [3.63, 3.8) is 0 Å². The van der Waals surface area contributed by atoms with E-state index in [0.29, 0.717) is 6.54 Å². The molecule has 1 saturated carbocycles. The molecule has 0 aromatic rings. The monoisotopic (exact) mass is 122 g/mol. The fourth-order valence-corrected chi connectivity index (χ4v) is 1.09. The quantitative estimate of drug-likeness (QED) is 0.486. The Kier molecular flexibility index (Phi) is 2.26. The van der Waals surface area contributed by atoms with Gasteiger partial charge in [-0.15, -0.1) is 0 Å². The number of hydrogen-bond acceptors (Lipinski definition) is 2. The minimum atomic E-state index is 0.356. The van der Waals surface area contributed by atoms with E-state index in [4.69, 9.17) is 5.26 Å². The molecular formula is C7H10N2. The van der Waals surface area contributed by atoms with Gasteiger partial charge in [0.15, 0.2) is 0 Å². The van der Waals surface area contributed by atoms with Crippen LogP contribution in [0, 0.1) is 11.3 Å². The van der Waals surface area contributed by atoms with Crippen molar-refractivity contribution in [1.82, 2.24) is 0 Å². The Labute approximate surface area is 55.2 Å². The molecular weight excluding hydrogens is 112 g/mol. The van der Waals surface area contributed by atoms with Gasteiger partial charge in [0.05, 0.1) is 6.07 Å². The van der Waals surface area contributed by atoms with Gasteiger partial charge in [-0.1, -0.05) is 0 Å². The van der Waals surface area contributed by atoms with Gasteiger partial charge in [0.25, 0.3) is 0 Å². The van der Waals surface area contributed by atoms with E-state index >= 15 is 0 Å². The van der Waals surface area contributed by atoms with Crippen LogP contribution in [0.15, 0.2) is 4.99 Å². The summed E-state index contributed by atoms with van der Waals surface area (Å²) in [6.07, 6.45) is 4.79. The second-order valence-corrected chi connectivity index (χ2v) is 2.25. The largest absolute Gasteiger partial charge is 0.279 e. The van der Waals surface area contributed by atoms with E-state index in [0.717, 1.165) is 12.8 Å². The molecule has 2 heteroatoms. The van der Waals surface area contributed by atoms with E-state index in [1.807, 2.05) is 6.07 Å². The highest BCUT2D eigenvalue weighted by Gasteiger charge is 2.06. The van der Waals surface area contributed by atoms with Crippen molar-refractivity contribution in [2.75, 3.05) is 6.54 Å². The predicted octanol–water partition coefficient (Wildman–Crippen LogP) is 1.52. The summed E-state index contributed by atoms with van der Waals surface area (Å²) in [6, 6.07) is 2.01. The summed E-state index contributed by atoms with van der Waals surface area (Å²) in [7, 11) is 0. The number of aliphatic imine (C=N–C) groups is 1. The van der Waals surface area contributed by atoms with Crippen molar-refractivity contribution < 1.29 is 0 Å². The second-order valence-electron chi connectivity index (χ2n) is 2.25. The summed E-state index contributed by atoms with van der Waals surface area (Å²) >= 11 is 0. The molecule has 0 atom stereocenters. The Balaban J connectivity index is 2.33. The van der Waals surface area contributed by atoms with Gasteiger partial charge in [-0.2, -0.15) is 5.26 Å². The summed E-state index contributed by atoms with van der Waals surface area (Å²) in [6.45, 7) is 0.356. The van der Waals surface area contributed by atoms with Crippen LogP contribution in [-0.2, 0) is 0 Å². The maximum absolute atomic E-state index is 8.17. The van der Waals surface area contributed by atoms with Gasteiger partial charge < -0.3 is 0 Å². The van der Waals surface area contributed by atoms with Crippen LogP contribution in [0.5, 0.6) is 0 Å². The summed E-state index contributed by atoms with van der Waals surface area (Å²) in [5.41, 5.74) is 1.25. The SMILES string of the molecule is N#CCN=C1CCCC1. The van der Waals surface area contributed by atoms with Gasteiger partial charge in [-0.05, 0) is 25.7 Å². The average Bonchev–Trinajstić information content (AvgIpc) is 2.34. The van der Waals surface area contributed by atoms with Crippen LogP contribution in [-0.4, -0.2) is 12.3 Å². The maximum atomic E-state index is 8.17. The molecule has 0 aromatic heterocycles. The molecule has 0 bridgehead atoms. The van der Waals surface area contributed by atoms with Crippen LogP contribution in [0.1, 0.15) is 25.7 Å². The minimum Gasteiger partial charge on any atom is -0.279 e. The first-order valence-electron chi connectivity index (χ1n) is 3.32. The van der Waals surface area contributed by atoms with Crippen molar-refractivity contribution in [1.29, 1.82) is 5.26 Å². The second kappa shape index (κ2) is 3.24. The third kappa shape index (κ3) is 1.85. The highest BCUT2D eigenvalue weighted by atomic mass is 14.7. The Bertz CT molecular complexity index is 145. The zero-order valence-corrected chi connectivity index (χ0v) is 5.43. The molecule has 0 N–H and O–H groups in total. The van der Waals surface area contributed by atoms with E-state index in [1.54, 1.807) is 0 Å². The summed E-state index contributed by atoms with van der Waals surface area (Å²) < 4.78 is 0. The molecule has 1 aliphatic rings. The lowest BCUT2D eigenvalue weighted by molar-refractivity contribution is 0.886. The molecule has 0 unspecified atom stereocenters. The van der Waals surface area contributed by atoms with E-state index in [2.05, 4.69) is 4.99 Å². The molecule has 0 saturated heterocycles. The Hall–Kier alpha value is -0.840. The highest BCUT2D eigenvalue weighted by Crippen LogP contribution is 2.13. The predicted molar refractivity (Wildman–Crippen MR) is 36.4 cm³/mol. The van der Waals surface area contributed by atoms with Crippen LogP contribution in [0.25, 0.3) is 0 Å². The zero-order valence-electron chi connectivity index (χ0n) is 5.43. The van der Waals surface area contributed by atoms with Gasteiger partial charge in [0, 0.05) is 5.71 Å². The Morgan fingerprint density at radius 3 is 2.67 bits per heavy atom. The van der Waals surface area contributed by atoms with Crippen LogP contribution >= 0.6 is 0 Å². The maximum Gasteiger partial charge on any atom is 0.126 e. The lowest BCUT2D eigenvalue weighted by Gasteiger charge is -1.87. The molecule has 48 valence electrons. The molecule has 0 amide bonds. The summed E-state index contributed by atoms with van der Waals surface area (Å²) in [5, 5.41) is 8.17. The smallest absolute Gasteiger partial charge is 0.126 e. The van der Waals surface area contributed by atoms with Gasteiger partial charge in [0.2, 0.25) is 0 Å². The van der Waals surface area contributed by atoms with Crippen LogP contribution in [0.4, 0.5) is 0 Å². The molecule has 0 heterocycles. The standard InChI is InChI=1S/C7H10N2/c8-5-6-9-7-3-1-2-4-7/h1-4,6H2.